The van der Waals surface area contributed by atoms with Gasteiger partial charge in [0.25, 0.3) is 0 Å². The van der Waals surface area contributed by atoms with Gasteiger partial charge in [-0.3, -0.25) is 4.79 Å². The van der Waals surface area contributed by atoms with E-state index in [-0.39, 0.29) is 11.9 Å². The van der Waals surface area contributed by atoms with Crippen molar-refractivity contribution in [1.82, 2.24) is 5.32 Å². The van der Waals surface area contributed by atoms with Gasteiger partial charge in [-0.25, -0.2) is 0 Å². The number of nitrogens with one attached hydrogen (secondary N) is 1. The van der Waals surface area contributed by atoms with E-state index in [2.05, 4.69) is 34.5 Å². The minimum Gasteiger partial charge on any atom is -0.497 e. The summed E-state index contributed by atoms with van der Waals surface area (Å²) in [6.45, 7) is 1.44. The van der Waals surface area contributed by atoms with E-state index in [1.165, 1.54) is 11.3 Å². The molecule has 1 aliphatic heterocycles. The molecule has 0 radical (unpaired) electrons. The number of nitrogens with zero attached hydrogens (tertiary/aromatic N) is 1. The van der Waals surface area contributed by atoms with E-state index in [1.54, 1.807) is 13.4 Å². The Morgan fingerprint density at radius 3 is 2.72 bits per heavy atom. The lowest BCUT2D eigenvalue weighted by atomic mass is 10.1. The summed E-state index contributed by atoms with van der Waals surface area (Å²) in [6.07, 6.45) is 3.86. The molecule has 5 heteroatoms. The predicted octanol–water partition coefficient (Wildman–Crippen LogP) is 4.14. The van der Waals surface area contributed by atoms with Crippen LogP contribution in [0.2, 0.25) is 0 Å². The first-order valence-corrected chi connectivity index (χ1v) is 10.0. The highest BCUT2D eigenvalue weighted by molar-refractivity contribution is 5.76. The van der Waals surface area contributed by atoms with Crippen molar-refractivity contribution in [3.05, 3.63) is 83.8 Å². The zero-order chi connectivity index (χ0) is 20.1. The van der Waals surface area contributed by atoms with Gasteiger partial charge in [-0.05, 0) is 54.3 Å². The molecule has 0 fully saturated rings. The number of aryl methyl sites for hydroxylation is 1. The van der Waals surface area contributed by atoms with Crippen LogP contribution >= 0.6 is 0 Å². The quantitative estimate of drug-likeness (QED) is 0.628. The molecule has 5 nitrogen and oxygen atoms in total. The van der Waals surface area contributed by atoms with Gasteiger partial charge in [-0.2, -0.15) is 0 Å². The van der Waals surface area contributed by atoms with Gasteiger partial charge >= 0.3 is 0 Å². The SMILES string of the molecule is COc1ccc(CCC(=O)NC[C@H](c2ccco2)N2CCc3ccccc32)cc1. The van der Waals surface area contributed by atoms with Gasteiger partial charge in [0.1, 0.15) is 17.6 Å². The molecule has 4 rings (SSSR count). The summed E-state index contributed by atoms with van der Waals surface area (Å²) in [5.41, 5.74) is 3.69. The van der Waals surface area contributed by atoms with E-state index in [0.717, 1.165) is 30.0 Å². The Morgan fingerprint density at radius 1 is 1.14 bits per heavy atom. The van der Waals surface area contributed by atoms with E-state index in [4.69, 9.17) is 9.15 Å². The maximum atomic E-state index is 12.5. The number of anilines is 1. The minimum atomic E-state index is -0.0152. The van der Waals surface area contributed by atoms with Crippen LogP contribution in [0.15, 0.2) is 71.3 Å². The standard InChI is InChI=1S/C24H26N2O3/c1-28-20-11-8-18(9-12-20)10-13-24(27)25-17-22(23-7-4-16-29-23)26-15-14-19-5-2-3-6-21(19)26/h2-9,11-12,16,22H,10,13-15,17H2,1H3,(H,25,27)/t22-/m1/s1. The first-order chi connectivity index (χ1) is 14.2. The van der Waals surface area contributed by atoms with Crippen molar-refractivity contribution in [2.45, 2.75) is 25.3 Å². The number of hydrogen-bond donors (Lipinski definition) is 1. The predicted molar refractivity (Wildman–Crippen MR) is 113 cm³/mol. The van der Waals surface area contributed by atoms with Crippen molar-refractivity contribution < 1.29 is 13.9 Å². The lowest BCUT2D eigenvalue weighted by Crippen LogP contribution is -2.37. The number of carbonyl (C=O) groups is 1. The summed E-state index contributed by atoms with van der Waals surface area (Å²) < 4.78 is 10.9. The lowest BCUT2D eigenvalue weighted by molar-refractivity contribution is -0.121. The van der Waals surface area contributed by atoms with Crippen molar-refractivity contribution in [3.63, 3.8) is 0 Å². The average molecular weight is 390 g/mol. The topological polar surface area (TPSA) is 54.7 Å². The van der Waals surface area contributed by atoms with Gasteiger partial charge < -0.3 is 19.4 Å². The number of furan rings is 1. The number of para-hydroxylation sites is 1. The summed E-state index contributed by atoms with van der Waals surface area (Å²) in [6, 6.07) is 20.2. The van der Waals surface area contributed by atoms with E-state index in [9.17, 15) is 4.79 Å². The average Bonchev–Trinajstić information content (AvgIpc) is 3.44. The Bertz CT molecular complexity index is 935. The third kappa shape index (κ3) is 4.45. The Hall–Kier alpha value is -3.21. The van der Waals surface area contributed by atoms with Gasteiger partial charge in [-0.1, -0.05) is 30.3 Å². The van der Waals surface area contributed by atoms with Gasteiger partial charge in [0, 0.05) is 25.2 Å². The number of carbonyl (C=O) groups excluding carboxylic acids is 1. The third-order valence-corrected chi connectivity index (χ3v) is 5.46. The monoisotopic (exact) mass is 390 g/mol. The maximum absolute atomic E-state index is 12.5. The molecule has 0 saturated carbocycles. The fourth-order valence-electron chi connectivity index (χ4n) is 3.88. The third-order valence-electron chi connectivity index (χ3n) is 5.46. The highest BCUT2D eigenvalue weighted by Crippen LogP contribution is 2.34. The van der Waals surface area contributed by atoms with Crippen molar-refractivity contribution in [1.29, 1.82) is 0 Å². The van der Waals surface area contributed by atoms with Crippen LogP contribution < -0.4 is 15.0 Å². The summed E-state index contributed by atoms with van der Waals surface area (Å²) in [5, 5.41) is 3.11. The molecule has 150 valence electrons. The van der Waals surface area contributed by atoms with Gasteiger partial charge in [0.05, 0.1) is 13.4 Å². The van der Waals surface area contributed by atoms with Crippen LogP contribution in [-0.2, 0) is 17.6 Å². The molecule has 2 aromatic carbocycles. The molecule has 0 unspecified atom stereocenters. The van der Waals surface area contributed by atoms with Crippen LogP contribution in [0.5, 0.6) is 5.75 Å². The fourth-order valence-corrected chi connectivity index (χ4v) is 3.88. The molecule has 1 aliphatic rings. The zero-order valence-corrected chi connectivity index (χ0v) is 16.6. The number of benzene rings is 2. The van der Waals surface area contributed by atoms with Crippen LogP contribution in [0.1, 0.15) is 29.3 Å². The van der Waals surface area contributed by atoms with Gasteiger partial charge in [0.15, 0.2) is 0 Å². The van der Waals surface area contributed by atoms with Gasteiger partial charge in [0.2, 0.25) is 5.91 Å². The van der Waals surface area contributed by atoms with Crippen LogP contribution in [0, 0.1) is 0 Å². The zero-order valence-electron chi connectivity index (χ0n) is 16.6. The fraction of sp³-hybridized carbons (Fsp3) is 0.292. The highest BCUT2D eigenvalue weighted by atomic mass is 16.5. The molecule has 29 heavy (non-hydrogen) atoms. The van der Waals surface area contributed by atoms with Crippen LogP contribution in [0.25, 0.3) is 0 Å². The molecular formula is C24H26N2O3. The summed E-state index contributed by atoms with van der Waals surface area (Å²) in [7, 11) is 1.65. The molecule has 2 heterocycles. The Balaban J connectivity index is 1.38. The molecule has 0 aliphatic carbocycles. The molecule has 1 amide bonds. The number of rotatable bonds is 8. The molecular weight excluding hydrogens is 364 g/mol. The molecule has 1 atom stereocenters. The highest BCUT2D eigenvalue weighted by Gasteiger charge is 2.29. The molecule has 0 saturated heterocycles. The lowest BCUT2D eigenvalue weighted by Gasteiger charge is -2.29. The Kier molecular flexibility index (Phi) is 5.84. The van der Waals surface area contributed by atoms with Crippen LogP contribution in [-0.4, -0.2) is 26.1 Å². The van der Waals surface area contributed by atoms with Crippen molar-refractivity contribution >= 4 is 11.6 Å². The Labute approximate surface area is 171 Å². The number of amides is 1. The summed E-state index contributed by atoms with van der Waals surface area (Å²) in [5.74, 6) is 1.74. The molecule has 0 spiro atoms. The second kappa shape index (κ2) is 8.86. The van der Waals surface area contributed by atoms with Gasteiger partial charge in [-0.15, -0.1) is 0 Å². The number of fused-ring (bicyclic) bond motifs is 1. The second-order valence-electron chi connectivity index (χ2n) is 7.26. The minimum absolute atomic E-state index is 0.0152. The second-order valence-corrected chi connectivity index (χ2v) is 7.26. The largest absolute Gasteiger partial charge is 0.497 e. The first kappa shape index (κ1) is 19.1. The van der Waals surface area contributed by atoms with Crippen LogP contribution in [0.4, 0.5) is 5.69 Å². The number of ether oxygens (including phenoxy) is 1. The van der Waals surface area contributed by atoms with E-state index in [1.807, 2.05) is 36.4 Å². The normalized spacial score (nSPS) is 13.8. The summed E-state index contributed by atoms with van der Waals surface area (Å²) in [4.78, 5) is 14.8. The Morgan fingerprint density at radius 2 is 1.97 bits per heavy atom. The molecule has 0 bridgehead atoms. The van der Waals surface area contributed by atoms with Crippen molar-refractivity contribution in [2.24, 2.45) is 0 Å². The van der Waals surface area contributed by atoms with E-state index < -0.39 is 0 Å². The molecule has 1 N–H and O–H groups in total. The molecule has 3 aromatic rings. The van der Waals surface area contributed by atoms with Crippen LogP contribution in [0.3, 0.4) is 0 Å². The number of methoxy groups -OCH3 is 1. The maximum Gasteiger partial charge on any atom is 0.220 e. The van der Waals surface area contributed by atoms with E-state index in [0.29, 0.717) is 19.4 Å². The molecule has 1 aromatic heterocycles. The van der Waals surface area contributed by atoms with Crippen molar-refractivity contribution in [2.75, 3.05) is 25.1 Å². The summed E-state index contributed by atoms with van der Waals surface area (Å²) >= 11 is 0. The smallest absolute Gasteiger partial charge is 0.220 e. The number of hydrogen-bond acceptors (Lipinski definition) is 4. The van der Waals surface area contributed by atoms with Crippen molar-refractivity contribution in [3.8, 4) is 5.75 Å². The first-order valence-electron chi connectivity index (χ1n) is 10.0. The van der Waals surface area contributed by atoms with E-state index >= 15 is 0 Å².